The Hall–Kier alpha value is -1.95. The fourth-order valence-corrected chi connectivity index (χ4v) is 1.91. The number of ether oxygens (including phenoxy) is 1. The third kappa shape index (κ3) is 3.14. The summed E-state index contributed by atoms with van der Waals surface area (Å²) < 4.78 is 6.39. The van der Waals surface area contributed by atoms with Crippen LogP contribution in [0.2, 0.25) is 0 Å². The van der Waals surface area contributed by atoms with Crippen LogP contribution in [0.1, 0.15) is 18.1 Å². The van der Waals surface area contributed by atoms with E-state index < -0.39 is 4.92 Å². The Morgan fingerprint density at radius 3 is 2.75 bits per heavy atom. The molecule has 0 fully saturated rings. The summed E-state index contributed by atoms with van der Waals surface area (Å²) in [6.45, 7) is 3.84. The Labute approximate surface area is 124 Å². The monoisotopic (exact) mass is 336 g/mol. The molecule has 0 bridgehead atoms. The molecule has 2 rings (SSSR count). The zero-order chi connectivity index (χ0) is 14.7. The smallest absolute Gasteiger partial charge is 0.311 e. The summed E-state index contributed by atoms with van der Waals surface area (Å²) in [4.78, 5) is 14.7. The second-order valence-electron chi connectivity index (χ2n) is 4.29. The lowest BCUT2D eigenvalue weighted by molar-refractivity contribution is -0.385. The van der Waals surface area contributed by atoms with Crippen LogP contribution in [-0.2, 0) is 6.42 Å². The predicted molar refractivity (Wildman–Crippen MR) is 79.2 cm³/mol. The molecule has 1 heterocycles. The molecule has 0 radical (unpaired) electrons. The third-order valence-corrected chi connectivity index (χ3v) is 3.69. The molecule has 1 aromatic carbocycles. The minimum atomic E-state index is -0.444. The molecule has 0 aliphatic heterocycles. The Kier molecular flexibility index (Phi) is 4.34. The van der Waals surface area contributed by atoms with E-state index >= 15 is 0 Å². The summed E-state index contributed by atoms with van der Waals surface area (Å²) in [6.07, 6.45) is 2.34. The molecule has 0 unspecified atom stereocenters. The molecule has 6 heteroatoms. The van der Waals surface area contributed by atoms with Gasteiger partial charge in [0, 0.05) is 22.8 Å². The SMILES string of the molecule is CCc1ccc(Oc2cc(C)c(Br)cn2)c([N+](=O)[O-])c1. The van der Waals surface area contributed by atoms with Crippen LogP contribution < -0.4 is 4.74 Å². The lowest BCUT2D eigenvalue weighted by Crippen LogP contribution is -1.96. The van der Waals surface area contributed by atoms with Gasteiger partial charge in [0.1, 0.15) is 0 Å². The van der Waals surface area contributed by atoms with E-state index in [0.717, 1.165) is 22.0 Å². The molecule has 0 aliphatic carbocycles. The number of pyridine rings is 1. The Morgan fingerprint density at radius 2 is 2.15 bits per heavy atom. The van der Waals surface area contributed by atoms with Gasteiger partial charge >= 0.3 is 5.69 Å². The van der Waals surface area contributed by atoms with Crippen LogP contribution in [0.4, 0.5) is 5.69 Å². The van der Waals surface area contributed by atoms with Crippen LogP contribution in [0, 0.1) is 17.0 Å². The molecule has 0 atom stereocenters. The number of nitro benzene ring substituents is 1. The first-order valence-corrected chi connectivity index (χ1v) is 6.88. The van der Waals surface area contributed by atoms with Crippen molar-refractivity contribution in [1.29, 1.82) is 0 Å². The van der Waals surface area contributed by atoms with E-state index in [1.54, 1.807) is 18.3 Å². The van der Waals surface area contributed by atoms with Crippen LogP contribution in [0.15, 0.2) is 34.9 Å². The van der Waals surface area contributed by atoms with Crippen LogP contribution in [0.3, 0.4) is 0 Å². The highest BCUT2D eigenvalue weighted by molar-refractivity contribution is 9.10. The van der Waals surface area contributed by atoms with Gasteiger partial charge in [0.05, 0.1) is 4.92 Å². The maximum absolute atomic E-state index is 11.1. The van der Waals surface area contributed by atoms with E-state index in [1.807, 2.05) is 19.9 Å². The molecule has 2 aromatic rings. The van der Waals surface area contributed by atoms with Gasteiger partial charge in [-0.15, -0.1) is 0 Å². The van der Waals surface area contributed by atoms with Crippen molar-refractivity contribution in [3.63, 3.8) is 0 Å². The molecule has 0 N–H and O–H groups in total. The molecule has 0 saturated heterocycles. The predicted octanol–water partition coefficient (Wildman–Crippen LogP) is 4.42. The number of aromatic nitrogens is 1. The fourth-order valence-electron chi connectivity index (χ4n) is 1.69. The van der Waals surface area contributed by atoms with Crippen molar-refractivity contribution >= 4 is 21.6 Å². The maximum atomic E-state index is 11.1. The lowest BCUT2D eigenvalue weighted by atomic mass is 10.1. The number of hydrogen-bond donors (Lipinski definition) is 0. The average Bonchev–Trinajstić information content (AvgIpc) is 2.43. The first-order valence-electron chi connectivity index (χ1n) is 6.08. The van der Waals surface area contributed by atoms with E-state index in [0.29, 0.717) is 5.88 Å². The van der Waals surface area contributed by atoms with Gasteiger partial charge in [0.25, 0.3) is 0 Å². The summed E-state index contributed by atoms with van der Waals surface area (Å²) >= 11 is 3.35. The van der Waals surface area contributed by atoms with Gasteiger partial charge in [-0.1, -0.05) is 13.0 Å². The van der Waals surface area contributed by atoms with Crippen molar-refractivity contribution in [2.75, 3.05) is 0 Å². The van der Waals surface area contributed by atoms with Crippen LogP contribution in [0.5, 0.6) is 11.6 Å². The Bertz CT molecular complexity index is 659. The first kappa shape index (κ1) is 14.5. The molecule has 104 valence electrons. The Morgan fingerprint density at radius 1 is 1.40 bits per heavy atom. The molecule has 5 nitrogen and oxygen atoms in total. The normalized spacial score (nSPS) is 10.3. The van der Waals surface area contributed by atoms with Crippen molar-refractivity contribution < 1.29 is 9.66 Å². The number of rotatable bonds is 4. The van der Waals surface area contributed by atoms with Gasteiger partial charge in [-0.25, -0.2) is 4.98 Å². The van der Waals surface area contributed by atoms with Crippen molar-refractivity contribution in [3.05, 3.63) is 56.2 Å². The average molecular weight is 337 g/mol. The van der Waals surface area contributed by atoms with E-state index in [2.05, 4.69) is 20.9 Å². The van der Waals surface area contributed by atoms with Gasteiger partial charge in [0.15, 0.2) is 0 Å². The number of nitro groups is 1. The highest BCUT2D eigenvalue weighted by Gasteiger charge is 2.17. The van der Waals surface area contributed by atoms with E-state index in [4.69, 9.17) is 4.74 Å². The molecular weight excluding hydrogens is 324 g/mol. The van der Waals surface area contributed by atoms with Gasteiger partial charge < -0.3 is 4.74 Å². The number of halogens is 1. The van der Waals surface area contributed by atoms with E-state index in [1.165, 1.54) is 6.07 Å². The molecular formula is C14H13BrN2O3. The van der Waals surface area contributed by atoms with Crippen LogP contribution in [0.25, 0.3) is 0 Å². The zero-order valence-electron chi connectivity index (χ0n) is 11.1. The number of benzene rings is 1. The lowest BCUT2D eigenvalue weighted by Gasteiger charge is -2.07. The van der Waals surface area contributed by atoms with E-state index in [9.17, 15) is 10.1 Å². The van der Waals surface area contributed by atoms with Crippen molar-refractivity contribution in [2.45, 2.75) is 20.3 Å². The zero-order valence-corrected chi connectivity index (χ0v) is 12.7. The topological polar surface area (TPSA) is 65.3 Å². The molecule has 20 heavy (non-hydrogen) atoms. The van der Waals surface area contributed by atoms with Gasteiger partial charge in [-0.2, -0.15) is 0 Å². The van der Waals surface area contributed by atoms with Crippen LogP contribution in [-0.4, -0.2) is 9.91 Å². The van der Waals surface area contributed by atoms with Crippen molar-refractivity contribution in [1.82, 2.24) is 4.98 Å². The number of nitrogens with zero attached hydrogens (tertiary/aromatic N) is 2. The summed E-state index contributed by atoms with van der Waals surface area (Å²) in [7, 11) is 0. The van der Waals surface area contributed by atoms with Gasteiger partial charge in [-0.3, -0.25) is 10.1 Å². The van der Waals surface area contributed by atoms with Crippen LogP contribution >= 0.6 is 15.9 Å². The van der Waals surface area contributed by atoms with Crippen molar-refractivity contribution in [2.24, 2.45) is 0 Å². The summed E-state index contributed by atoms with van der Waals surface area (Å²) in [5.41, 5.74) is 1.79. The molecule has 1 aromatic heterocycles. The van der Waals surface area contributed by atoms with E-state index in [-0.39, 0.29) is 11.4 Å². The minimum absolute atomic E-state index is 0.0493. The van der Waals surface area contributed by atoms with Gasteiger partial charge in [-0.05, 0) is 46.5 Å². The third-order valence-electron chi connectivity index (χ3n) is 2.86. The highest BCUT2D eigenvalue weighted by Crippen LogP contribution is 2.32. The molecule has 0 amide bonds. The summed E-state index contributed by atoms with van der Waals surface area (Å²) in [6, 6.07) is 6.67. The summed E-state index contributed by atoms with van der Waals surface area (Å²) in [5.74, 6) is 0.527. The highest BCUT2D eigenvalue weighted by atomic mass is 79.9. The van der Waals surface area contributed by atoms with Crippen molar-refractivity contribution in [3.8, 4) is 11.6 Å². The molecule has 0 spiro atoms. The standard InChI is InChI=1S/C14H13BrN2O3/c1-3-10-4-5-13(12(7-10)17(18)19)20-14-6-9(2)11(15)8-16-14/h4-8H,3H2,1-2H3. The summed E-state index contributed by atoms with van der Waals surface area (Å²) in [5, 5.41) is 11.1. The second-order valence-corrected chi connectivity index (χ2v) is 5.14. The second kappa shape index (κ2) is 6.00. The first-order chi connectivity index (χ1) is 9.51. The molecule has 0 saturated carbocycles. The number of aryl methyl sites for hydroxylation is 2. The Balaban J connectivity index is 2.37. The number of hydrogen-bond acceptors (Lipinski definition) is 4. The molecule has 0 aliphatic rings. The quantitative estimate of drug-likeness (QED) is 0.612. The van der Waals surface area contributed by atoms with Gasteiger partial charge in [0.2, 0.25) is 11.6 Å². The minimum Gasteiger partial charge on any atom is -0.432 e. The maximum Gasteiger partial charge on any atom is 0.311 e. The fraction of sp³-hybridized carbons (Fsp3) is 0.214. The largest absolute Gasteiger partial charge is 0.432 e.